The molecule has 1 aromatic rings. The van der Waals surface area contributed by atoms with Gasteiger partial charge in [0.05, 0.1) is 12.9 Å². The highest BCUT2D eigenvalue weighted by atomic mass is 16.5. The van der Waals surface area contributed by atoms with E-state index >= 15 is 0 Å². The van der Waals surface area contributed by atoms with Gasteiger partial charge in [0.15, 0.2) is 5.78 Å². The van der Waals surface area contributed by atoms with Crippen molar-refractivity contribution in [3.05, 3.63) is 35.8 Å². The quantitative estimate of drug-likeness (QED) is 0.609. The number of esters is 1. The standard InChI is InChI=1S/C14H16O4/c1-3-17-14(16)13-10(12-5-4-6-18-12)7-9(2)8-11(13)15/h4-6,8,10,13H,3,7H2,1-2H3/t10-,13+/m0/s1. The first kappa shape index (κ1) is 12.6. The van der Waals surface area contributed by atoms with Gasteiger partial charge in [-0.2, -0.15) is 0 Å². The fourth-order valence-electron chi connectivity index (χ4n) is 2.33. The second kappa shape index (κ2) is 5.21. The zero-order chi connectivity index (χ0) is 13.1. The van der Waals surface area contributed by atoms with Crippen LogP contribution in [-0.2, 0) is 14.3 Å². The minimum absolute atomic E-state index is 0.196. The summed E-state index contributed by atoms with van der Waals surface area (Å²) < 4.78 is 10.3. The van der Waals surface area contributed by atoms with Crippen molar-refractivity contribution in [2.75, 3.05) is 6.61 Å². The van der Waals surface area contributed by atoms with Gasteiger partial charge >= 0.3 is 5.97 Å². The van der Waals surface area contributed by atoms with Gasteiger partial charge in [-0.1, -0.05) is 5.57 Å². The van der Waals surface area contributed by atoms with Gasteiger partial charge in [-0.25, -0.2) is 0 Å². The van der Waals surface area contributed by atoms with E-state index in [9.17, 15) is 9.59 Å². The minimum atomic E-state index is -0.778. The average Bonchev–Trinajstić information content (AvgIpc) is 2.81. The third-order valence-corrected chi connectivity index (χ3v) is 3.09. The fraction of sp³-hybridized carbons (Fsp3) is 0.429. The van der Waals surface area contributed by atoms with E-state index in [0.29, 0.717) is 12.2 Å². The molecular weight excluding hydrogens is 232 g/mol. The molecule has 0 saturated carbocycles. The van der Waals surface area contributed by atoms with Crippen molar-refractivity contribution in [3.63, 3.8) is 0 Å². The molecule has 0 radical (unpaired) electrons. The van der Waals surface area contributed by atoms with Crippen molar-refractivity contribution in [1.29, 1.82) is 0 Å². The zero-order valence-electron chi connectivity index (χ0n) is 10.5. The van der Waals surface area contributed by atoms with Gasteiger partial charge in [-0.05, 0) is 38.5 Å². The maximum atomic E-state index is 12.0. The third-order valence-electron chi connectivity index (χ3n) is 3.09. The molecule has 0 amide bonds. The molecule has 0 bridgehead atoms. The molecule has 0 saturated heterocycles. The predicted molar refractivity (Wildman–Crippen MR) is 65.0 cm³/mol. The van der Waals surface area contributed by atoms with Crippen molar-refractivity contribution >= 4 is 11.8 Å². The van der Waals surface area contributed by atoms with Crippen molar-refractivity contribution in [2.45, 2.75) is 26.2 Å². The number of carbonyl (C=O) groups excluding carboxylic acids is 2. The maximum Gasteiger partial charge on any atom is 0.317 e. The molecule has 1 aliphatic carbocycles. The minimum Gasteiger partial charge on any atom is -0.469 e. The van der Waals surface area contributed by atoms with Crippen LogP contribution < -0.4 is 0 Å². The fourth-order valence-corrected chi connectivity index (χ4v) is 2.33. The van der Waals surface area contributed by atoms with Gasteiger partial charge in [-0.3, -0.25) is 9.59 Å². The molecule has 2 rings (SSSR count). The highest BCUT2D eigenvalue weighted by Crippen LogP contribution is 2.36. The summed E-state index contributed by atoms with van der Waals surface area (Å²) in [4.78, 5) is 23.9. The average molecular weight is 248 g/mol. The highest BCUT2D eigenvalue weighted by molar-refractivity contribution is 6.06. The van der Waals surface area contributed by atoms with Gasteiger partial charge in [0, 0.05) is 5.92 Å². The van der Waals surface area contributed by atoms with E-state index in [2.05, 4.69) is 0 Å². The first-order valence-electron chi connectivity index (χ1n) is 6.04. The van der Waals surface area contributed by atoms with Crippen molar-refractivity contribution < 1.29 is 18.7 Å². The van der Waals surface area contributed by atoms with E-state index in [1.807, 2.05) is 6.92 Å². The molecule has 4 heteroatoms. The van der Waals surface area contributed by atoms with Crippen molar-refractivity contribution in [2.24, 2.45) is 5.92 Å². The summed E-state index contributed by atoms with van der Waals surface area (Å²) in [7, 11) is 0. The molecule has 0 unspecified atom stereocenters. The number of hydrogen-bond donors (Lipinski definition) is 0. The Morgan fingerprint density at radius 3 is 2.94 bits per heavy atom. The van der Waals surface area contributed by atoms with Crippen molar-refractivity contribution in [1.82, 2.24) is 0 Å². The van der Waals surface area contributed by atoms with Crippen LogP contribution in [0.3, 0.4) is 0 Å². The molecule has 4 nitrogen and oxygen atoms in total. The van der Waals surface area contributed by atoms with E-state index in [1.54, 1.807) is 25.3 Å². The molecule has 0 aliphatic heterocycles. The van der Waals surface area contributed by atoms with Crippen molar-refractivity contribution in [3.8, 4) is 0 Å². The molecule has 0 aromatic carbocycles. The molecule has 0 spiro atoms. The van der Waals surface area contributed by atoms with E-state index in [0.717, 1.165) is 5.57 Å². The lowest BCUT2D eigenvalue weighted by molar-refractivity contribution is -0.152. The molecule has 2 atom stereocenters. The van der Waals surface area contributed by atoms with Crippen LogP contribution in [0.2, 0.25) is 0 Å². The summed E-state index contributed by atoms with van der Waals surface area (Å²) in [6, 6.07) is 3.55. The second-order valence-corrected chi connectivity index (χ2v) is 4.45. The molecule has 18 heavy (non-hydrogen) atoms. The Hall–Kier alpha value is -1.84. The number of allylic oxidation sites excluding steroid dienone is 2. The Morgan fingerprint density at radius 2 is 2.33 bits per heavy atom. The van der Waals surface area contributed by atoms with Crippen LogP contribution in [0, 0.1) is 5.92 Å². The first-order valence-corrected chi connectivity index (χ1v) is 6.04. The Kier molecular flexibility index (Phi) is 3.65. The Morgan fingerprint density at radius 1 is 1.56 bits per heavy atom. The molecule has 1 heterocycles. The van der Waals surface area contributed by atoms with Gasteiger partial charge in [0.2, 0.25) is 0 Å². The summed E-state index contributed by atoms with van der Waals surface area (Å²) in [6.45, 7) is 3.89. The zero-order valence-corrected chi connectivity index (χ0v) is 10.5. The summed E-state index contributed by atoms with van der Waals surface area (Å²) >= 11 is 0. The topological polar surface area (TPSA) is 56.5 Å². The monoisotopic (exact) mass is 248 g/mol. The van der Waals surface area contributed by atoms with Crippen LogP contribution in [0.25, 0.3) is 0 Å². The van der Waals surface area contributed by atoms with Crippen LogP contribution in [0.5, 0.6) is 0 Å². The Bertz CT molecular complexity index is 470. The van der Waals surface area contributed by atoms with Gasteiger partial charge in [0.1, 0.15) is 11.7 Å². The lowest BCUT2D eigenvalue weighted by Crippen LogP contribution is -2.33. The van der Waals surface area contributed by atoms with E-state index in [4.69, 9.17) is 9.15 Å². The number of furan rings is 1. The molecule has 0 N–H and O–H groups in total. The lowest BCUT2D eigenvalue weighted by atomic mass is 9.78. The van der Waals surface area contributed by atoms with Crippen LogP contribution in [-0.4, -0.2) is 18.4 Å². The lowest BCUT2D eigenvalue weighted by Gasteiger charge is -2.26. The Balaban J connectivity index is 2.32. The number of rotatable bonds is 3. The predicted octanol–water partition coefficient (Wildman–Crippen LogP) is 2.46. The van der Waals surface area contributed by atoms with Crippen LogP contribution >= 0.6 is 0 Å². The largest absolute Gasteiger partial charge is 0.469 e. The molecule has 96 valence electrons. The molecule has 0 fully saturated rings. The van der Waals surface area contributed by atoms with Gasteiger partial charge in [0.25, 0.3) is 0 Å². The van der Waals surface area contributed by atoms with Crippen LogP contribution in [0.15, 0.2) is 34.5 Å². The van der Waals surface area contributed by atoms with Crippen LogP contribution in [0.4, 0.5) is 0 Å². The smallest absolute Gasteiger partial charge is 0.317 e. The second-order valence-electron chi connectivity index (χ2n) is 4.45. The maximum absolute atomic E-state index is 12.0. The number of hydrogen-bond acceptors (Lipinski definition) is 4. The highest BCUT2D eigenvalue weighted by Gasteiger charge is 2.40. The SMILES string of the molecule is CCOC(=O)[C@H]1C(=O)C=C(C)C[C@H]1c1ccco1. The van der Waals surface area contributed by atoms with Gasteiger partial charge in [-0.15, -0.1) is 0 Å². The summed E-state index contributed by atoms with van der Waals surface area (Å²) in [6.07, 6.45) is 3.72. The van der Waals surface area contributed by atoms with Crippen LogP contribution in [0.1, 0.15) is 31.9 Å². The third kappa shape index (κ3) is 2.37. The van der Waals surface area contributed by atoms with E-state index in [1.165, 1.54) is 6.08 Å². The van der Waals surface area contributed by atoms with E-state index < -0.39 is 11.9 Å². The molecule has 1 aromatic heterocycles. The summed E-state index contributed by atoms with van der Waals surface area (Å²) in [5.74, 6) is -1.03. The first-order chi connectivity index (χ1) is 8.63. The number of ether oxygens (including phenoxy) is 1. The molecule has 1 aliphatic rings. The molecular formula is C14H16O4. The summed E-state index contributed by atoms with van der Waals surface area (Å²) in [5.41, 5.74) is 0.960. The normalized spacial score (nSPS) is 23.7. The number of carbonyl (C=O) groups is 2. The van der Waals surface area contributed by atoms with E-state index in [-0.39, 0.29) is 18.3 Å². The number of ketones is 1. The van der Waals surface area contributed by atoms with Gasteiger partial charge < -0.3 is 9.15 Å². The Labute approximate surface area is 106 Å². The summed E-state index contributed by atoms with van der Waals surface area (Å²) in [5, 5.41) is 0.